The molecule has 1 aromatic heterocycles. The first kappa shape index (κ1) is 24.8. The summed E-state index contributed by atoms with van der Waals surface area (Å²) < 4.78 is 18.5. The molecule has 0 aliphatic heterocycles. The molecular weight excluding hydrogens is 439 g/mol. The Bertz CT molecular complexity index is 1140. The summed E-state index contributed by atoms with van der Waals surface area (Å²) in [5.74, 6) is -0.228. The van der Waals surface area contributed by atoms with E-state index in [0.29, 0.717) is 23.4 Å². The van der Waals surface area contributed by atoms with Crippen LogP contribution in [0.15, 0.2) is 48.5 Å². The lowest BCUT2D eigenvalue weighted by molar-refractivity contribution is -0.128. The molecule has 0 saturated heterocycles. The molecule has 9 nitrogen and oxygen atoms in total. The zero-order chi connectivity index (χ0) is 24.9. The number of methoxy groups -OCH3 is 1. The Hall–Kier alpha value is -3.82. The average molecular weight is 469 g/mol. The lowest BCUT2D eigenvalue weighted by atomic mass is 10.1. The van der Waals surface area contributed by atoms with Gasteiger partial charge < -0.3 is 10.1 Å². The molecule has 34 heavy (non-hydrogen) atoms. The van der Waals surface area contributed by atoms with E-state index in [-0.39, 0.29) is 24.1 Å². The SMILES string of the molecule is CCC(C(=O)NC(C)(C)C)N(C(=O)Cn1nnc(-c2ccc(F)cc2)n1)c1cccc(OC)c1. The number of tetrazole rings is 1. The van der Waals surface area contributed by atoms with Gasteiger partial charge in [0.25, 0.3) is 5.91 Å². The zero-order valence-corrected chi connectivity index (χ0v) is 19.9. The van der Waals surface area contributed by atoms with E-state index in [9.17, 15) is 14.0 Å². The number of anilines is 1. The number of carbonyl (C=O) groups excluding carboxylic acids is 2. The van der Waals surface area contributed by atoms with Crippen molar-refractivity contribution in [2.45, 2.75) is 52.2 Å². The number of halogens is 1. The molecule has 1 atom stereocenters. The van der Waals surface area contributed by atoms with Crippen molar-refractivity contribution < 1.29 is 18.7 Å². The van der Waals surface area contributed by atoms with Crippen LogP contribution in [0, 0.1) is 5.82 Å². The van der Waals surface area contributed by atoms with E-state index in [1.54, 1.807) is 24.3 Å². The van der Waals surface area contributed by atoms with Gasteiger partial charge in [-0.25, -0.2) is 4.39 Å². The molecule has 1 unspecified atom stereocenters. The second-order valence-corrected chi connectivity index (χ2v) is 8.78. The van der Waals surface area contributed by atoms with Crippen molar-refractivity contribution in [2.24, 2.45) is 0 Å². The van der Waals surface area contributed by atoms with Gasteiger partial charge in [-0.2, -0.15) is 4.80 Å². The third-order valence-electron chi connectivity index (χ3n) is 4.93. The minimum absolute atomic E-state index is 0.245. The van der Waals surface area contributed by atoms with Crippen LogP contribution in [0.4, 0.5) is 10.1 Å². The lowest BCUT2D eigenvalue weighted by Crippen LogP contribution is -2.54. The van der Waals surface area contributed by atoms with Gasteiger partial charge in [-0.05, 0) is 68.8 Å². The van der Waals surface area contributed by atoms with Gasteiger partial charge in [0, 0.05) is 22.9 Å². The third-order valence-corrected chi connectivity index (χ3v) is 4.93. The highest BCUT2D eigenvalue weighted by Crippen LogP contribution is 2.25. The number of amides is 2. The number of aromatic nitrogens is 4. The van der Waals surface area contributed by atoms with Crippen LogP contribution in [0.25, 0.3) is 11.4 Å². The maximum atomic E-state index is 13.5. The van der Waals surface area contributed by atoms with Gasteiger partial charge in [0.15, 0.2) is 0 Å². The molecule has 0 radical (unpaired) electrons. The molecule has 180 valence electrons. The summed E-state index contributed by atoms with van der Waals surface area (Å²) in [6.45, 7) is 7.24. The van der Waals surface area contributed by atoms with Gasteiger partial charge in [-0.3, -0.25) is 14.5 Å². The first-order chi connectivity index (χ1) is 16.1. The Labute approximate surface area is 197 Å². The van der Waals surface area contributed by atoms with E-state index < -0.39 is 17.5 Å². The number of nitrogens with zero attached hydrogens (tertiary/aromatic N) is 5. The number of carbonyl (C=O) groups is 2. The third kappa shape index (κ3) is 6.15. The van der Waals surface area contributed by atoms with Gasteiger partial charge in [-0.15, -0.1) is 10.2 Å². The van der Waals surface area contributed by atoms with E-state index in [1.165, 1.54) is 36.3 Å². The summed E-state index contributed by atoms with van der Waals surface area (Å²) in [6, 6.07) is 11.8. The Kier molecular flexibility index (Phi) is 7.60. The quantitative estimate of drug-likeness (QED) is 0.545. The first-order valence-corrected chi connectivity index (χ1v) is 10.9. The minimum atomic E-state index is -0.765. The van der Waals surface area contributed by atoms with Crippen LogP contribution in [-0.4, -0.2) is 50.7 Å². The predicted molar refractivity (Wildman–Crippen MR) is 126 cm³/mol. The molecule has 10 heteroatoms. The molecule has 1 heterocycles. The molecule has 0 bridgehead atoms. The molecule has 0 fully saturated rings. The van der Waals surface area contributed by atoms with Gasteiger partial charge in [0.2, 0.25) is 11.7 Å². The van der Waals surface area contributed by atoms with Crippen molar-refractivity contribution in [1.29, 1.82) is 0 Å². The molecular formula is C24H29FN6O3. The Morgan fingerprint density at radius 1 is 1.18 bits per heavy atom. The van der Waals surface area contributed by atoms with E-state index in [4.69, 9.17) is 4.74 Å². The van der Waals surface area contributed by atoms with Gasteiger partial charge in [0.05, 0.1) is 7.11 Å². The monoisotopic (exact) mass is 468 g/mol. The number of benzene rings is 2. The standard InChI is InChI=1S/C24H29FN6O3/c1-6-20(23(33)26-24(2,3)4)31(18-8-7-9-19(14-18)34-5)21(32)15-30-28-22(27-29-30)16-10-12-17(25)13-11-16/h7-14,20H,6,15H2,1-5H3,(H,26,33). The topological polar surface area (TPSA) is 102 Å². The van der Waals surface area contributed by atoms with Crippen molar-refractivity contribution in [3.63, 3.8) is 0 Å². The lowest BCUT2D eigenvalue weighted by Gasteiger charge is -2.33. The molecule has 2 aromatic carbocycles. The minimum Gasteiger partial charge on any atom is -0.497 e. The summed E-state index contributed by atoms with van der Waals surface area (Å²) in [4.78, 5) is 29.2. The fourth-order valence-corrected chi connectivity index (χ4v) is 3.42. The van der Waals surface area contributed by atoms with E-state index in [0.717, 1.165) is 4.80 Å². The average Bonchev–Trinajstić information content (AvgIpc) is 3.24. The van der Waals surface area contributed by atoms with Crippen LogP contribution in [0.2, 0.25) is 0 Å². The second-order valence-electron chi connectivity index (χ2n) is 8.78. The van der Waals surface area contributed by atoms with Crippen molar-refractivity contribution >= 4 is 17.5 Å². The molecule has 0 aliphatic carbocycles. The van der Waals surface area contributed by atoms with Crippen molar-refractivity contribution in [2.75, 3.05) is 12.0 Å². The predicted octanol–water partition coefficient (Wildman–Crippen LogP) is 3.21. The number of rotatable bonds is 8. The smallest absolute Gasteiger partial charge is 0.251 e. The highest BCUT2D eigenvalue weighted by Gasteiger charge is 2.32. The van der Waals surface area contributed by atoms with E-state index in [1.807, 2.05) is 27.7 Å². The number of hydrogen-bond acceptors (Lipinski definition) is 6. The van der Waals surface area contributed by atoms with E-state index >= 15 is 0 Å². The summed E-state index contributed by atoms with van der Waals surface area (Å²) >= 11 is 0. The Morgan fingerprint density at radius 2 is 1.88 bits per heavy atom. The fraction of sp³-hybridized carbons (Fsp3) is 0.375. The number of hydrogen-bond donors (Lipinski definition) is 1. The zero-order valence-electron chi connectivity index (χ0n) is 19.9. The van der Waals surface area contributed by atoms with Crippen LogP contribution in [0.1, 0.15) is 34.1 Å². The first-order valence-electron chi connectivity index (χ1n) is 10.9. The van der Waals surface area contributed by atoms with Crippen LogP contribution in [0.3, 0.4) is 0 Å². The summed E-state index contributed by atoms with van der Waals surface area (Å²) in [6.07, 6.45) is 0.385. The van der Waals surface area contributed by atoms with Gasteiger partial charge in [-0.1, -0.05) is 13.0 Å². The highest BCUT2D eigenvalue weighted by molar-refractivity contribution is 6.00. The molecule has 3 rings (SSSR count). The largest absolute Gasteiger partial charge is 0.497 e. The molecule has 0 spiro atoms. The highest BCUT2D eigenvalue weighted by atomic mass is 19.1. The molecule has 3 aromatic rings. The summed E-state index contributed by atoms with van der Waals surface area (Å²) in [5.41, 5.74) is 0.616. The van der Waals surface area contributed by atoms with Crippen molar-refractivity contribution in [3.05, 3.63) is 54.3 Å². The molecule has 2 amide bonds. The van der Waals surface area contributed by atoms with Gasteiger partial charge >= 0.3 is 0 Å². The fourth-order valence-electron chi connectivity index (χ4n) is 3.42. The van der Waals surface area contributed by atoms with Gasteiger partial charge in [0.1, 0.15) is 24.2 Å². The second kappa shape index (κ2) is 10.4. The summed E-state index contributed by atoms with van der Waals surface area (Å²) in [7, 11) is 1.53. The van der Waals surface area contributed by atoms with E-state index in [2.05, 4.69) is 20.7 Å². The number of nitrogens with one attached hydrogen (secondary N) is 1. The normalized spacial score (nSPS) is 12.2. The molecule has 0 aliphatic rings. The van der Waals surface area contributed by atoms with Crippen LogP contribution in [-0.2, 0) is 16.1 Å². The van der Waals surface area contributed by atoms with Crippen LogP contribution in [0.5, 0.6) is 5.75 Å². The Morgan fingerprint density at radius 3 is 2.50 bits per heavy atom. The maximum Gasteiger partial charge on any atom is 0.251 e. The number of ether oxygens (including phenoxy) is 1. The summed E-state index contributed by atoms with van der Waals surface area (Å²) in [5, 5.41) is 15.1. The molecule has 0 saturated carbocycles. The molecule has 1 N–H and O–H groups in total. The van der Waals surface area contributed by atoms with Crippen LogP contribution >= 0.6 is 0 Å². The maximum absolute atomic E-state index is 13.5. The van der Waals surface area contributed by atoms with Crippen molar-refractivity contribution in [3.8, 4) is 17.1 Å². The Balaban J connectivity index is 1.91. The van der Waals surface area contributed by atoms with Crippen LogP contribution < -0.4 is 15.0 Å². The van der Waals surface area contributed by atoms with Crippen molar-refractivity contribution in [1.82, 2.24) is 25.5 Å².